The molecule has 7 heteroatoms. The zero-order chi connectivity index (χ0) is 14.5. The standard InChI is InChI=1S/C13H13BrN2O3S/c1-2-19-12(18)8-3-4-9-10(7-8)20-13(15-9)16-11(17)5-6-14/h3-4,7H,2,5-6H2,1H3,(H,15,16,17). The molecular formula is C13H13BrN2O3S. The molecule has 2 rings (SSSR count). The molecule has 1 aromatic carbocycles. The highest BCUT2D eigenvalue weighted by Crippen LogP contribution is 2.27. The third kappa shape index (κ3) is 3.55. The molecule has 0 aliphatic rings. The third-order valence-corrected chi connectivity index (χ3v) is 3.80. The Hall–Kier alpha value is -1.47. The zero-order valence-corrected chi connectivity index (χ0v) is 13.2. The molecule has 0 spiro atoms. The largest absolute Gasteiger partial charge is 0.462 e. The van der Waals surface area contributed by atoms with E-state index >= 15 is 0 Å². The second kappa shape index (κ2) is 6.81. The number of hydrogen-bond acceptors (Lipinski definition) is 5. The number of nitrogens with zero attached hydrogens (tertiary/aromatic N) is 1. The zero-order valence-electron chi connectivity index (χ0n) is 10.8. The van der Waals surface area contributed by atoms with Crippen LogP contribution in [0, 0.1) is 0 Å². The number of aromatic nitrogens is 1. The molecule has 0 saturated carbocycles. The van der Waals surface area contributed by atoms with Crippen LogP contribution in [-0.4, -0.2) is 28.8 Å². The van der Waals surface area contributed by atoms with Crippen molar-refractivity contribution in [1.29, 1.82) is 0 Å². The maximum absolute atomic E-state index is 11.6. The number of fused-ring (bicyclic) bond motifs is 1. The van der Waals surface area contributed by atoms with E-state index in [-0.39, 0.29) is 11.9 Å². The van der Waals surface area contributed by atoms with Gasteiger partial charge < -0.3 is 10.1 Å². The molecule has 0 aliphatic heterocycles. The van der Waals surface area contributed by atoms with Crippen molar-refractivity contribution >= 4 is 54.5 Å². The summed E-state index contributed by atoms with van der Waals surface area (Å²) < 4.78 is 5.79. The summed E-state index contributed by atoms with van der Waals surface area (Å²) in [5.74, 6) is -0.445. The summed E-state index contributed by atoms with van der Waals surface area (Å²) in [4.78, 5) is 27.4. The van der Waals surface area contributed by atoms with Crippen molar-refractivity contribution in [2.75, 3.05) is 17.3 Å². The first kappa shape index (κ1) is 14.9. The molecule has 1 heterocycles. The van der Waals surface area contributed by atoms with Crippen LogP contribution in [0.4, 0.5) is 5.13 Å². The second-order valence-electron chi connectivity index (χ2n) is 3.91. The Bertz CT molecular complexity index is 642. The number of ether oxygens (including phenoxy) is 1. The fourth-order valence-corrected chi connectivity index (χ4v) is 2.87. The van der Waals surface area contributed by atoms with Gasteiger partial charge in [0.05, 0.1) is 22.4 Å². The van der Waals surface area contributed by atoms with Gasteiger partial charge in [-0.2, -0.15) is 0 Å². The minimum absolute atomic E-state index is 0.0912. The molecule has 0 fully saturated rings. The predicted octanol–water partition coefficient (Wildman–Crippen LogP) is 3.20. The minimum atomic E-state index is -0.354. The quantitative estimate of drug-likeness (QED) is 0.659. The van der Waals surface area contributed by atoms with Gasteiger partial charge >= 0.3 is 5.97 Å². The molecule has 1 aromatic heterocycles. The van der Waals surface area contributed by atoms with Gasteiger partial charge in [-0.25, -0.2) is 9.78 Å². The number of rotatable bonds is 5. The molecule has 0 unspecified atom stereocenters. The third-order valence-electron chi connectivity index (χ3n) is 2.47. The van der Waals surface area contributed by atoms with Gasteiger partial charge in [-0.1, -0.05) is 27.3 Å². The van der Waals surface area contributed by atoms with Gasteiger partial charge in [0.15, 0.2) is 5.13 Å². The van der Waals surface area contributed by atoms with Crippen LogP contribution in [0.2, 0.25) is 0 Å². The molecule has 0 atom stereocenters. The van der Waals surface area contributed by atoms with Crippen molar-refractivity contribution in [1.82, 2.24) is 4.98 Å². The maximum Gasteiger partial charge on any atom is 0.338 e. The van der Waals surface area contributed by atoms with Crippen LogP contribution in [-0.2, 0) is 9.53 Å². The van der Waals surface area contributed by atoms with Crippen LogP contribution in [0.3, 0.4) is 0 Å². The lowest BCUT2D eigenvalue weighted by molar-refractivity contribution is -0.115. The van der Waals surface area contributed by atoms with E-state index in [1.54, 1.807) is 25.1 Å². The van der Waals surface area contributed by atoms with E-state index in [2.05, 4.69) is 26.2 Å². The fourth-order valence-electron chi connectivity index (χ4n) is 1.59. The van der Waals surface area contributed by atoms with E-state index < -0.39 is 0 Å². The van der Waals surface area contributed by atoms with Gasteiger partial charge in [0.1, 0.15) is 0 Å². The predicted molar refractivity (Wildman–Crippen MR) is 82.6 cm³/mol. The van der Waals surface area contributed by atoms with Crippen molar-refractivity contribution < 1.29 is 14.3 Å². The number of carbonyl (C=O) groups excluding carboxylic acids is 2. The summed E-state index contributed by atoms with van der Waals surface area (Å²) >= 11 is 4.54. The highest BCUT2D eigenvalue weighted by Gasteiger charge is 2.11. The first-order chi connectivity index (χ1) is 9.63. The molecule has 20 heavy (non-hydrogen) atoms. The minimum Gasteiger partial charge on any atom is -0.462 e. The number of carbonyl (C=O) groups is 2. The van der Waals surface area contributed by atoms with Gasteiger partial charge in [-0.3, -0.25) is 4.79 Å². The van der Waals surface area contributed by atoms with E-state index in [1.807, 2.05) is 0 Å². The lowest BCUT2D eigenvalue weighted by Gasteiger charge is -2.00. The van der Waals surface area contributed by atoms with Crippen molar-refractivity contribution in [2.24, 2.45) is 0 Å². The summed E-state index contributed by atoms with van der Waals surface area (Å²) in [6, 6.07) is 5.15. The summed E-state index contributed by atoms with van der Waals surface area (Å²) in [6.07, 6.45) is 0.393. The van der Waals surface area contributed by atoms with Crippen LogP contribution in [0.1, 0.15) is 23.7 Å². The van der Waals surface area contributed by atoms with E-state index in [0.29, 0.717) is 29.1 Å². The van der Waals surface area contributed by atoms with E-state index in [1.165, 1.54) is 11.3 Å². The number of esters is 1. The first-order valence-corrected chi connectivity index (χ1v) is 8.01. The molecule has 0 aliphatic carbocycles. The monoisotopic (exact) mass is 356 g/mol. The SMILES string of the molecule is CCOC(=O)c1ccc2nc(NC(=O)CCBr)sc2c1. The Morgan fingerprint density at radius 3 is 2.95 bits per heavy atom. The Kier molecular flexibility index (Phi) is 5.08. The van der Waals surface area contributed by atoms with Crippen molar-refractivity contribution in [3.63, 3.8) is 0 Å². The fraction of sp³-hybridized carbons (Fsp3) is 0.308. The number of alkyl halides is 1. The molecule has 1 amide bonds. The Balaban J connectivity index is 2.21. The van der Waals surface area contributed by atoms with Crippen LogP contribution in [0.25, 0.3) is 10.2 Å². The van der Waals surface area contributed by atoms with Crippen LogP contribution in [0.5, 0.6) is 0 Å². The number of hydrogen-bond donors (Lipinski definition) is 1. The average Bonchev–Trinajstić information content (AvgIpc) is 2.80. The Morgan fingerprint density at radius 1 is 1.45 bits per heavy atom. The molecule has 106 valence electrons. The Morgan fingerprint density at radius 2 is 2.25 bits per heavy atom. The van der Waals surface area contributed by atoms with Crippen molar-refractivity contribution in [3.05, 3.63) is 23.8 Å². The molecular weight excluding hydrogens is 344 g/mol. The van der Waals surface area contributed by atoms with Gasteiger partial charge in [-0.05, 0) is 25.1 Å². The molecule has 2 aromatic rings. The second-order valence-corrected chi connectivity index (χ2v) is 5.73. The number of nitrogens with one attached hydrogen (secondary N) is 1. The Labute approximate surface area is 128 Å². The van der Waals surface area contributed by atoms with Gasteiger partial charge in [-0.15, -0.1) is 0 Å². The molecule has 5 nitrogen and oxygen atoms in total. The first-order valence-electron chi connectivity index (χ1n) is 6.07. The highest BCUT2D eigenvalue weighted by molar-refractivity contribution is 9.09. The van der Waals surface area contributed by atoms with Crippen molar-refractivity contribution in [3.8, 4) is 0 Å². The topological polar surface area (TPSA) is 68.3 Å². The van der Waals surface area contributed by atoms with Gasteiger partial charge in [0.2, 0.25) is 5.91 Å². The maximum atomic E-state index is 11.6. The number of halogens is 1. The van der Waals surface area contributed by atoms with Crippen LogP contribution < -0.4 is 5.32 Å². The van der Waals surface area contributed by atoms with Crippen LogP contribution in [0.15, 0.2) is 18.2 Å². The summed E-state index contributed by atoms with van der Waals surface area (Å²) in [5, 5.41) is 3.87. The lowest BCUT2D eigenvalue weighted by Crippen LogP contribution is -2.11. The number of anilines is 1. The summed E-state index contributed by atoms with van der Waals surface area (Å²) in [5.41, 5.74) is 1.23. The number of thiazole rings is 1. The van der Waals surface area contributed by atoms with E-state index in [9.17, 15) is 9.59 Å². The average molecular weight is 357 g/mol. The van der Waals surface area contributed by atoms with E-state index in [0.717, 1.165) is 10.2 Å². The normalized spacial score (nSPS) is 10.5. The van der Waals surface area contributed by atoms with Gasteiger partial charge in [0, 0.05) is 11.8 Å². The van der Waals surface area contributed by atoms with Crippen LogP contribution >= 0.6 is 27.3 Å². The lowest BCUT2D eigenvalue weighted by atomic mass is 10.2. The summed E-state index contributed by atoms with van der Waals surface area (Å²) in [6.45, 7) is 2.11. The molecule has 0 bridgehead atoms. The molecule has 1 N–H and O–H groups in total. The number of amides is 1. The van der Waals surface area contributed by atoms with Crippen molar-refractivity contribution in [2.45, 2.75) is 13.3 Å². The highest BCUT2D eigenvalue weighted by atomic mass is 79.9. The molecule has 0 saturated heterocycles. The number of benzene rings is 1. The summed E-state index contributed by atoms with van der Waals surface area (Å²) in [7, 11) is 0. The van der Waals surface area contributed by atoms with Gasteiger partial charge in [0.25, 0.3) is 0 Å². The molecule has 0 radical (unpaired) electrons. The van der Waals surface area contributed by atoms with E-state index in [4.69, 9.17) is 4.74 Å². The smallest absolute Gasteiger partial charge is 0.338 e.